The minimum Gasteiger partial charge on any atom is -0.481 e. The third-order valence-electron chi connectivity index (χ3n) is 2.08. The van der Waals surface area contributed by atoms with Gasteiger partial charge in [0, 0.05) is 6.42 Å². The summed E-state index contributed by atoms with van der Waals surface area (Å²) in [4.78, 5) is 10.5. The summed E-state index contributed by atoms with van der Waals surface area (Å²) in [5, 5.41) is 8.60. The van der Waals surface area contributed by atoms with E-state index in [1.165, 1.54) is 0 Å². The second kappa shape index (κ2) is 5.79. The molecular formula is C11H14O5S. The molecule has 0 saturated heterocycles. The summed E-state index contributed by atoms with van der Waals surface area (Å²) >= 11 is 0. The smallest absolute Gasteiger partial charge is 0.303 e. The van der Waals surface area contributed by atoms with Crippen molar-refractivity contribution in [2.24, 2.45) is 0 Å². The van der Waals surface area contributed by atoms with Gasteiger partial charge in [-0.1, -0.05) is 30.3 Å². The van der Waals surface area contributed by atoms with E-state index >= 15 is 0 Å². The third kappa shape index (κ3) is 5.46. The summed E-state index contributed by atoms with van der Waals surface area (Å²) in [6.07, 6.45) is 0.174. The second-order valence-corrected chi connectivity index (χ2v) is 5.23. The Morgan fingerprint density at radius 2 is 1.94 bits per heavy atom. The highest BCUT2D eigenvalue weighted by molar-refractivity contribution is 7.86. The molecule has 17 heavy (non-hydrogen) atoms. The summed E-state index contributed by atoms with van der Waals surface area (Å²) in [6.45, 7) is 0. The monoisotopic (exact) mass is 258 g/mol. The summed E-state index contributed by atoms with van der Waals surface area (Å²) in [5.74, 6) is -0.983. The van der Waals surface area contributed by atoms with Crippen molar-refractivity contribution in [2.75, 3.05) is 6.26 Å². The van der Waals surface area contributed by atoms with E-state index in [9.17, 15) is 13.2 Å². The predicted molar refractivity (Wildman–Crippen MR) is 62.0 cm³/mol. The Balaban J connectivity index is 2.83. The van der Waals surface area contributed by atoms with Crippen molar-refractivity contribution in [3.63, 3.8) is 0 Å². The molecule has 0 saturated carbocycles. The number of benzene rings is 1. The van der Waals surface area contributed by atoms with Crippen LogP contribution in [0.1, 0.15) is 24.5 Å². The number of rotatable bonds is 6. The van der Waals surface area contributed by atoms with Crippen LogP contribution in [0.3, 0.4) is 0 Å². The Labute approximate surface area is 100 Å². The van der Waals surface area contributed by atoms with E-state index in [1.54, 1.807) is 30.3 Å². The topological polar surface area (TPSA) is 80.7 Å². The number of aliphatic carboxylic acids is 1. The lowest BCUT2D eigenvalue weighted by molar-refractivity contribution is -0.137. The zero-order chi connectivity index (χ0) is 12.9. The first-order chi connectivity index (χ1) is 7.88. The van der Waals surface area contributed by atoms with Gasteiger partial charge < -0.3 is 5.11 Å². The van der Waals surface area contributed by atoms with Crippen LogP contribution in [0.15, 0.2) is 30.3 Å². The van der Waals surface area contributed by atoms with E-state index in [-0.39, 0.29) is 12.8 Å². The number of hydrogen-bond donors (Lipinski definition) is 1. The Morgan fingerprint density at radius 1 is 1.35 bits per heavy atom. The molecule has 0 fully saturated rings. The molecular weight excluding hydrogens is 244 g/mol. The molecule has 0 heterocycles. The van der Waals surface area contributed by atoms with Crippen LogP contribution in [0, 0.1) is 0 Å². The molecule has 0 radical (unpaired) electrons. The van der Waals surface area contributed by atoms with E-state index in [2.05, 4.69) is 0 Å². The maximum atomic E-state index is 11.1. The van der Waals surface area contributed by atoms with Gasteiger partial charge in [-0.25, -0.2) is 0 Å². The molecule has 0 aliphatic rings. The molecule has 5 nitrogen and oxygen atoms in total. The van der Waals surface area contributed by atoms with E-state index in [0.717, 1.165) is 6.26 Å². The summed E-state index contributed by atoms with van der Waals surface area (Å²) in [5.41, 5.74) is 0.652. The molecule has 0 aliphatic carbocycles. The molecule has 1 aromatic carbocycles. The number of carboxylic acids is 1. The average molecular weight is 258 g/mol. The quantitative estimate of drug-likeness (QED) is 0.783. The Hall–Kier alpha value is -1.40. The van der Waals surface area contributed by atoms with E-state index < -0.39 is 22.2 Å². The minimum atomic E-state index is -3.61. The molecule has 1 rings (SSSR count). The van der Waals surface area contributed by atoms with Crippen molar-refractivity contribution in [3.05, 3.63) is 35.9 Å². The van der Waals surface area contributed by atoms with Gasteiger partial charge in [0.05, 0.1) is 6.26 Å². The van der Waals surface area contributed by atoms with Crippen LogP contribution in [0.5, 0.6) is 0 Å². The van der Waals surface area contributed by atoms with Crippen LogP contribution in [0.4, 0.5) is 0 Å². The average Bonchev–Trinajstić information content (AvgIpc) is 2.24. The van der Waals surface area contributed by atoms with Crippen LogP contribution in [-0.4, -0.2) is 25.7 Å². The van der Waals surface area contributed by atoms with Crippen LogP contribution < -0.4 is 0 Å². The standard InChI is InChI=1S/C11H14O5S/c1-17(14,15)16-10(7-8-11(12)13)9-5-3-2-4-6-9/h2-6,10H,7-8H2,1H3,(H,12,13). The first-order valence-corrected chi connectivity index (χ1v) is 6.85. The third-order valence-corrected chi connectivity index (χ3v) is 2.66. The van der Waals surface area contributed by atoms with Gasteiger partial charge in [-0.15, -0.1) is 0 Å². The SMILES string of the molecule is CS(=O)(=O)OC(CCC(=O)O)c1ccccc1. The molecule has 0 amide bonds. The van der Waals surface area contributed by atoms with Crippen molar-refractivity contribution < 1.29 is 22.5 Å². The highest BCUT2D eigenvalue weighted by Gasteiger charge is 2.18. The molecule has 1 unspecified atom stereocenters. The molecule has 0 aliphatic heterocycles. The van der Waals surface area contributed by atoms with Gasteiger partial charge in [-0.3, -0.25) is 8.98 Å². The molecule has 1 atom stereocenters. The van der Waals surface area contributed by atoms with Crippen LogP contribution >= 0.6 is 0 Å². The van der Waals surface area contributed by atoms with Gasteiger partial charge in [0.2, 0.25) is 0 Å². The van der Waals surface area contributed by atoms with E-state index in [4.69, 9.17) is 9.29 Å². The summed E-state index contributed by atoms with van der Waals surface area (Å²) in [6, 6.07) is 8.69. The van der Waals surface area contributed by atoms with Gasteiger partial charge in [-0.2, -0.15) is 8.42 Å². The lowest BCUT2D eigenvalue weighted by Crippen LogP contribution is -2.12. The van der Waals surface area contributed by atoms with Gasteiger partial charge in [-0.05, 0) is 12.0 Å². The molecule has 0 spiro atoms. The first kappa shape index (κ1) is 13.7. The van der Waals surface area contributed by atoms with Gasteiger partial charge in [0.25, 0.3) is 10.1 Å². The largest absolute Gasteiger partial charge is 0.481 e. The van der Waals surface area contributed by atoms with E-state index in [1.807, 2.05) is 0 Å². The second-order valence-electron chi connectivity index (χ2n) is 3.63. The van der Waals surface area contributed by atoms with Crippen molar-refractivity contribution in [2.45, 2.75) is 18.9 Å². The molecule has 94 valence electrons. The maximum Gasteiger partial charge on any atom is 0.303 e. The fourth-order valence-electron chi connectivity index (χ4n) is 1.40. The lowest BCUT2D eigenvalue weighted by Gasteiger charge is -2.15. The summed E-state index contributed by atoms with van der Waals surface area (Å²) in [7, 11) is -3.61. The molecule has 1 aromatic rings. The lowest BCUT2D eigenvalue weighted by atomic mass is 10.1. The number of hydrogen-bond acceptors (Lipinski definition) is 4. The fourth-order valence-corrected chi connectivity index (χ4v) is 2.03. The number of carbonyl (C=O) groups is 1. The highest BCUT2D eigenvalue weighted by atomic mass is 32.2. The van der Waals surface area contributed by atoms with Crippen molar-refractivity contribution in [3.8, 4) is 0 Å². The van der Waals surface area contributed by atoms with Gasteiger partial charge in [0.1, 0.15) is 6.10 Å². The molecule has 1 N–H and O–H groups in total. The fraction of sp³-hybridized carbons (Fsp3) is 0.364. The first-order valence-electron chi connectivity index (χ1n) is 5.03. The normalized spacial score (nSPS) is 13.2. The Bertz CT molecular complexity index is 466. The number of carboxylic acid groups (broad SMARTS) is 1. The zero-order valence-electron chi connectivity index (χ0n) is 9.37. The van der Waals surface area contributed by atoms with Crippen molar-refractivity contribution in [1.29, 1.82) is 0 Å². The summed E-state index contributed by atoms with van der Waals surface area (Å²) < 4.78 is 27.1. The maximum absolute atomic E-state index is 11.1. The molecule has 6 heteroatoms. The molecule has 0 bridgehead atoms. The van der Waals surface area contributed by atoms with Crippen molar-refractivity contribution >= 4 is 16.1 Å². The van der Waals surface area contributed by atoms with Crippen molar-refractivity contribution in [1.82, 2.24) is 0 Å². The van der Waals surface area contributed by atoms with Gasteiger partial charge in [0.15, 0.2) is 0 Å². The zero-order valence-corrected chi connectivity index (χ0v) is 10.2. The Kier molecular flexibility index (Phi) is 4.65. The van der Waals surface area contributed by atoms with Crippen LogP contribution in [0.2, 0.25) is 0 Å². The predicted octanol–water partition coefficient (Wildman–Crippen LogP) is 1.57. The van der Waals surface area contributed by atoms with E-state index in [0.29, 0.717) is 5.56 Å². The molecule has 0 aromatic heterocycles. The Morgan fingerprint density at radius 3 is 2.41 bits per heavy atom. The minimum absolute atomic E-state index is 0.117. The van der Waals surface area contributed by atoms with Crippen LogP contribution in [0.25, 0.3) is 0 Å². The highest BCUT2D eigenvalue weighted by Crippen LogP contribution is 2.24. The van der Waals surface area contributed by atoms with Crippen LogP contribution in [-0.2, 0) is 19.1 Å². The van der Waals surface area contributed by atoms with Gasteiger partial charge >= 0.3 is 5.97 Å².